The van der Waals surface area contributed by atoms with Crippen LogP contribution < -0.4 is 10.1 Å². The highest BCUT2D eigenvalue weighted by Crippen LogP contribution is 2.17. The Morgan fingerprint density at radius 2 is 1.95 bits per heavy atom. The van der Waals surface area contributed by atoms with E-state index in [1.54, 1.807) is 12.2 Å². The molecule has 1 N–H and O–H groups in total. The van der Waals surface area contributed by atoms with Crippen molar-refractivity contribution in [2.75, 3.05) is 6.61 Å². The number of carbonyl (C=O) groups excluding carboxylic acids is 1. The number of nitrogens with one attached hydrogen (secondary N) is 1. The molecule has 0 bridgehead atoms. The van der Waals surface area contributed by atoms with E-state index in [-0.39, 0.29) is 5.91 Å². The number of amides is 1. The SMILES string of the molecule is C=CCOc1ccc(/C=C/C(=O)NC2CCCCC2)cc1. The second kappa shape index (κ2) is 8.30. The molecule has 0 aromatic heterocycles. The lowest BCUT2D eigenvalue weighted by Crippen LogP contribution is -2.34. The molecule has 1 aromatic rings. The Labute approximate surface area is 126 Å². The first kappa shape index (κ1) is 15.4. The highest BCUT2D eigenvalue weighted by atomic mass is 16.5. The molecule has 0 saturated heterocycles. The third-order valence-corrected chi connectivity index (χ3v) is 3.63. The maximum absolute atomic E-state index is 11.9. The first-order valence-electron chi connectivity index (χ1n) is 7.60. The molecule has 1 aromatic carbocycles. The van der Waals surface area contributed by atoms with Crippen molar-refractivity contribution in [3.8, 4) is 5.75 Å². The Kier molecular flexibility index (Phi) is 6.07. The zero-order valence-corrected chi connectivity index (χ0v) is 12.4. The molecule has 3 nitrogen and oxygen atoms in total. The summed E-state index contributed by atoms with van der Waals surface area (Å²) >= 11 is 0. The lowest BCUT2D eigenvalue weighted by molar-refractivity contribution is -0.117. The maximum Gasteiger partial charge on any atom is 0.244 e. The Bertz CT molecular complexity index is 484. The standard InChI is InChI=1S/C18H23NO2/c1-2-14-21-17-11-8-15(9-12-17)10-13-18(20)19-16-6-4-3-5-7-16/h2,8-13,16H,1,3-7,14H2,(H,19,20)/b13-10+. The van der Waals surface area contributed by atoms with Crippen molar-refractivity contribution in [3.63, 3.8) is 0 Å². The lowest BCUT2D eigenvalue weighted by Gasteiger charge is -2.21. The van der Waals surface area contributed by atoms with Gasteiger partial charge in [-0.15, -0.1) is 0 Å². The molecular weight excluding hydrogens is 262 g/mol. The van der Waals surface area contributed by atoms with E-state index < -0.39 is 0 Å². The number of hydrogen-bond acceptors (Lipinski definition) is 2. The van der Waals surface area contributed by atoms with Crippen LogP contribution in [-0.4, -0.2) is 18.6 Å². The van der Waals surface area contributed by atoms with Crippen LogP contribution in [0.3, 0.4) is 0 Å². The second-order valence-electron chi connectivity index (χ2n) is 5.35. The molecule has 0 aliphatic heterocycles. The third kappa shape index (κ3) is 5.46. The average Bonchev–Trinajstić information content (AvgIpc) is 2.53. The van der Waals surface area contributed by atoms with E-state index in [1.165, 1.54) is 19.3 Å². The average molecular weight is 285 g/mol. The molecule has 1 aliphatic carbocycles. The van der Waals surface area contributed by atoms with Gasteiger partial charge in [-0.2, -0.15) is 0 Å². The maximum atomic E-state index is 11.9. The Hall–Kier alpha value is -2.03. The lowest BCUT2D eigenvalue weighted by atomic mass is 9.95. The molecule has 1 aliphatic rings. The monoisotopic (exact) mass is 285 g/mol. The molecule has 0 atom stereocenters. The van der Waals surface area contributed by atoms with Gasteiger partial charge in [-0.3, -0.25) is 4.79 Å². The van der Waals surface area contributed by atoms with Gasteiger partial charge in [0.1, 0.15) is 12.4 Å². The molecule has 0 spiro atoms. The van der Waals surface area contributed by atoms with Crippen LogP contribution in [-0.2, 0) is 4.79 Å². The summed E-state index contributed by atoms with van der Waals surface area (Å²) in [5, 5.41) is 3.07. The van der Waals surface area contributed by atoms with Crippen molar-refractivity contribution in [1.29, 1.82) is 0 Å². The van der Waals surface area contributed by atoms with Crippen LogP contribution in [0.4, 0.5) is 0 Å². The van der Waals surface area contributed by atoms with Gasteiger partial charge in [0.15, 0.2) is 0 Å². The Balaban J connectivity index is 1.82. The zero-order chi connectivity index (χ0) is 14.9. The molecule has 21 heavy (non-hydrogen) atoms. The van der Waals surface area contributed by atoms with E-state index in [4.69, 9.17) is 4.74 Å². The molecule has 1 saturated carbocycles. The fraction of sp³-hybridized carbons (Fsp3) is 0.389. The summed E-state index contributed by atoms with van der Waals surface area (Å²) in [7, 11) is 0. The van der Waals surface area contributed by atoms with Crippen molar-refractivity contribution in [2.24, 2.45) is 0 Å². The van der Waals surface area contributed by atoms with Crippen LogP contribution in [0.2, 0.25) is 0 Å². The van der Waals surface area contributed by atoms with E-state index in [9.17, 15) is 4.79 Å². The summed E-state index contributed by atoms with van der Waals surface area (Å²) in [5.41, 5.74) is 0.986. The van der Waals surface area contributed by atoms with E-state index in [0.29, 0.717) is 12.6 Å². The summed E-state index contributed by atoms with van der Waals surface area (Å²) in [6.45, 7) is 4.11. The molecule has 0 unspecified atom stereocenters. The number of hydrogen-bond donors (Lipinski definition) is 1. The zero-order valence-electron chi connectivity index (χ0n) is 12.4. The van der Waals surface area contributed by atoms with Crippen LogP contribution in [0, 0.1) is 0 Å². The number of ether oxygens (including phenoxy) is 1. The second-order valence-corrected chi connectivity index (χ2v) is 5.35. The van der Waals surface area contributed by atoms with Gasteiger partial charge in [0.2, 0.25) is 5.91 Å². The van der Waals surface area contributed by atoms with Gasteiger partial charge >= 0.3 is 0 Å². The molecule has 1 fully saturated rings. The predicted octanol–water partition coefficient (Wildman–Crippen LogP) is 3.71. The summed E-state index contributed by atoms with van der Waals surface area (Å²) in [6, 6.07) is 8.00. The smallest absolute Gasteiger partial charge is 0.244 e. The molecule has 0 radical (unpaired) electrons. The van der Waals surface area contributed by atoms with Crippen molar-refractivity contribution in [2.45, 2.75) is 38.1 Å². The van der Waals surface area contributed by atoms with Crippen LogP contribution >= 0.6 is 0 Å². The van der Waals surface area contributed by atoms with Gasteiger partial charge in [-0.1, -0.05) is 44.1 Å². The Morgan fingerprint density at radius 1 is 1.24 bits per heavy atom. The molecule has 1 amide bonds. The fourth-order valence-corrected chi connectivity index (χ4v) is 2.50. The van der Waals surface area contributed by atoms with E-state index >= 15 is 0 Å². The predicted molar refractivity (Wildman–Crippen MR) is 86.2 cm³/mol. The minimum atomic E-state index is -0.00566. The Morgan fingerprint density at radius 3 is 2.62 bits per heavy atom. The molecule has 2 rings (SSSR count). The van der Waals surface area contributed by atoms with Gasteiger partial charge < -0.3 is 10.1 Å². The molecular formula is C18H23NO2. The first-order chi connectivity index (χ1) is 10.3. The minimum absolute atomic E-state index is 0.00566. The van der Waals surface area contributed by atoms with Gasteiger partial charge in [-0.05, 0) is 36.6 Å². The van der Waals surface area contributed by atoms with E-state index in [0.717, 1.165) is 24.2 Å². The van der Waals surface area contributed by atoms with E-state index in [2.05, 4.69) is 11.9 Å². The highest BCUT2D eigenvalue weighted by molar-refractivity contribution is 5.91. The summed E-state index contributed by atoms with van der Waals surface area (Å²) in [6.07, 6.45) is 11.1. The topological polar surface area (TPSA) is 38.3 Å². The van der Waals surface area contributed by atoms with Crippen molar-refractivity contribution in [3.05, 3.63) is 48.6 Å². The minimum Gasteiger partial charge on any atom is -0.490 e. The quantitative estimate of drug-likeness (QED) is 0.639. The van der Waals surface area contributed by atoms with Crippen LogP contribution in [0.1, 0.15) is 37.7 Å². The van der Waals surface area contributed by atoms with Gasteiger partial charge in [0.05, 0.1) is 0 Å². The molecule has 3 heteroatoms. The normalized spacial score (nSPS) is 15.8. The van der Waals surface area contributed by atoms with Crippen LogP contribution in [0.25, 0.3) is 6.08 Å². The highest BCUT2D eigenvalue weighted by Gasteiger charge is 2.13. The molecule has 0 heterocycles. The van der Waals surface area contributed by atoms with Gasteiger partial charge in [-0.25, -0.2) is 0 Å². The summed E-state index contributed by atoms with van der Waals surface area (Å²) in [4.78, 5) is 11.9. The van der Waals surface area contributed by atoms with Gasteiger partial charge in [0.25, 0.3) is 0 Å². The van der Waals surface area contributed by atoms with Crippen molar-refractivity contribution in [1.82, 2.24) is 5.32 Å². The summed E-state index contributed by atoms with van der Waals surface area (Å²) in [5.74, 6) is 0.799. The van der Waals surface area contributed by atoms with Crippen molar-refractivity contribution >= 4 is 12.0 Å². The summed E-state index contributed by atoms with van der Waals surface area (Å²) < 4.78 is 5.41. The largest absolute Gasteiger partial charge is 0.490 e. The number of benzene rings is 1. The molecule has 112 valence electrons. The van der Waals surface area contributed by atoms with Crippen LogP contribution in [0.5, 0.6) is 5.75 Å². The first-order valence-corrected chi connectivity index (χ1v) is 7.60. The number of carbonyl (C=O) groups is 1. The van der Waals surface area contributed by atoms with Crippen molar-refractivity contribution < 1.29 is 9.53 Å². The fourth-order valence-electron chi connectivity index (χ4n) is 2.50. The van der Waals surface area contributed by atoms with E-state index in [1.807, 2.05) is 30.3 Å². The van der Waals surface area contributed by atoms with Gasteiger partial charge in [0, 0.05) is 12.1 Å². The number of rotatable bonds is 6. The third-order valence-electron chi connectivity index (χ3n) is 3.63. The van der Waals surface area contributed by atoms with Crippen LogP contribution in [0.15, 0.2) is 43.0 Å².